The number of pyridine rings is 1. The second kappa shape index (κ2) is 11.0. The van der Waals surface area contributed by atoms with Crippen molar-refractivity contribution in [1.29, 1.82) is 0 Å². The number of piperidine rings is 1. The van der Waals surface area contributed by atoms with Crippen LogP contribution in [0.1, 0.15) is 37.4 Å². The molecule has 190 valence electrons. The Bertz CT molecular complexity index is 1180. The molecule has 3 heterocycles. The number of aromatic nitrogens is 2. The summed E-state index contributed by atoms with van der Waals surface area (Å²) in [6, 6.07) is 12.4. The first-order chi connectivity index (χ1) is 17.3. The summed E-state index contributed by atoms with van der Waals surface area (Å²) in [7, 11) is 1.94. The standard InChI is InChI=1S/C28H34FN5O2/c1-3-14-32(2)28(27(30)36)10-15-33(16-11-28)26(35)20-34-19-23(22-8-12-31-13-9-22)18-25(34)17-21-4-6-24(29)7-5-21/h4-9,12-13,18-19H,3,10-11,14-17,20H2,1-2H3,(H2,30,36). The zero-order valence-electron chi connectivity index (χ0n) is 21.0. The molecule has 4 rings (SSSR count). The molecule has 36 heavy (non-hydrogen) atoms. The van der Waals surface area contributed by atoms with Gasteiger partial charge in [-0.25, -0.2) is 4.39 Å². The molecule has 0 saturated carbocycles. The number of primary amides is 1. The highest BCUT2D eigenvalue weighted by Crippen LogP contribution is 2.29. The monoisotopic (exact) mass is 491 g/mol. The van der Waals surface area contributed by atoms with E-state index >= 15 is 0 Å². The summed E-state index contributed by atoms with van der Waals surface area (Å²) < 4.78 is 15.4. The van der Waals surface area contributed by atoms with Crippen LogP contribution in [0.5, 0.6) is 0 Å². The fourth-order valence-electron chi connectivity index (χ4n) is 5.10. The molecule has 3 aromatic rings. The largest absolute Gasteiger partial charge is 0.368 e. The Balaban J connectivity index is 1.52. The third kappa shape index (κ3) is 5.49. The van der Waals surface area contributed by atoms with Crippen molar-refractivity contribution in [3.8, 4) is 11.1 Å². The molecule has 0 atom stereocenters. The summed E-state index contributed by atoms with van der Waals surface area (Å²) >= 11 is 0. The van der Waals surface area contributed by atoms with Gasteiger partial charge in [0.25, 0.3) is 0 Å². The van der Waals surface area contributed by atoms with Gasteiger partial charge in [-0.3, -0.25) is 19.5 Å². The minimum Gasteiger partial charge on any atom is -0.368 e. The first kappa shape index (κ1) is 25.6. The Kier molecular flexibility index (Phi) is 7.84. The van der Waals surface area contributed by atoms with E-state index in [1.807, 2.05) is 39.7 Å². The molecule has 7 nitrogen and oxygen atoms in total. The number of carbonyl (C=O) groups excluding carboxylic acids is 2. The quantitative estimate of drug-likeness (QED) is 0.497. The lowest BCUT2D eigenvalue weighted by atomic mass is 9.85. The van der Waals surface area contributed by atoms with Crippen LogP contribution in [-0.4, -0.2) is 63.4 Å². The number of nitrogens with zero attached hydrogens (tertiary/aromatic N) is 4. The molecular weight excluding hydrogens is 457 g/mol. The van der Waals surface area contributed by atoms with Crippen LogP contribution >= 0.6 is 0 Å². The van der Waals surface area contributed by atoms with E-state index in [0.717, 1.165) is 35.3 Å². The van der Waals surface area contributed by atoms with Crippen molar-refractivity contribution in [1.82, 2.24) is 19.4 Å². The minimum absolute atomic E-state index is 0.00319. The van der Waals surface area contributed by atoms with Gasteiger partial charge in [-0.1, -0.05) is 19.1 Å². The lowest BCUT2D eigenvalue weighted by Crippen LogP contribution is -2.62. The van der Waals surface area contributed by atoms with Crippen LogP contribution in [0.25, 0.3) is 11.1 Å². The summed E-state index contributed by atoms with van der Waals surface area (Å²) in [4.78, 5) is 33.7. The number of rotatable bonds is 9. The van der Waals surface area contributed by atoms with Crippen molar-refractivity contribution in [3.63, 3.8) is 0 Å². The van der Waals surface area contributed by atoms with Gasteiger partial charge in [0.2, 0.25) is 11.8 Å². The fourth-order valence-corrected chi connectivity index (χ4v) is 5.10. The minimum atomic E-state index is -0.706. The third-order valence-corrected chi connectivity index (χ3v) is 7.30. The third-order valence-electron chi connectivity index (χ3n) is 7.30. The van der Waals surface area contributed by atoms with E-state index in [0.29, 0.717) is 32.4 Å². The molecule has 2 amide bonds. The van der Waals surface area contributed by atoms with Crippen molar-refractivity contribution < 1.29 is 14.0 Å². The van der Waals surface area contributed by atoms with Gasteiger partial charge >= 0.3 is 0 Å². The summed E-state index contributed by atoms with van der Waals surface area (Å²) in [5, 5.41) is 0. The fraction of sp³-hybridized carbons (Fsp3) is 0.393. The van der Waals surface area contributed by atoms with E-state index in [9.17, 15) is 14.0 Å². The van der Waals surface area contributed by atoms with Crippen LogP contribution in [0.2, 0.25) is 0 Å². The Hall–Kier alpha value is -3.52. The topological polar surface area (TPSA) is 84.5 Å². The van der Waals surface area contributed by atoms with E-state index in [2.05, 4.69) is 18.0 Å². The molecule has 2 N–H and O–H groups in total. The molecule has 1 fully saturated rings. The predicted molar refractivity (Wildman–Crippen MR) is 138 cm³/mol. The Labute approximate surface area is 211 Å². The maximum atomic E-state index is 13.4. The summed E-state index contributed by atoms with van der Waals surface area (Å²) in [6.07, 6.45) is 8.03. The predicted octanol–water partition coefficient (Wildman–Crippen LogP) is 3.47. The number of benzene rings is 1. The summed E-state index contributed by atoms with van der Waals surface area (Å²) in [6.45, 7) is 4.02. The zero-order chi connectivity index (χ0) is 25.7. The molecule has 0 spiro atoms. The maximum absolute atomic E-state index is 13.4. The number of likely N-dealkylation sites (N-methyl/N-ethyl adjacent to an activating group) is 1. The van der Waals surface area contributed by atoms with Gasteiger partial charge in [0, 0.05) is 43.8 Å². The van der Waals surface area contributed by atoms with Gasteiger partial charge < -0.3 is 15.2 Å². The van der Waals surface area contributed by atoms with Gasteiger partial charge in [0.05, 0.1) is 0 Å². The number of amides is 2. The Morgan fingerprint density at radius 3 is 2.36 bits per heavy atom. The lowest BCUT2D eigenvalue weighted by Gasteiger charge is -2.45. The van der Waals surface area contributed by atoms with Crippen molar-refractivity contribution >= 4 is 11.8 Å². The molecule has 1 aliphatic heterocycles. The number of carbonyl (C=O) groups is 2. The second-order valence-corrected chi connectivity index (χ2v) is 9.59. The molecule has 0 bridgehead atoms. The van der Waals surface area contributed by atoms with Crippen LogP contribution in [0.4, 0.5) is 4.39 Å². The summed E-state index contributed by atoms with van der Waals surface area (Å²) in [5.41, 5.74) is 9.06. The molecule has 1 aliphatic rings. The van der Waals surface area contributed by atoms with Gasteiger partial charge in [-0.15, -0.1) is 0 Å². The number of hydrogen-bond donors (Lipinski definition) is 1. The Morgan fingerprint density at radius 1 is 1.08 bits per heavy atom. The Morgan fingerprint density at radius 2 is 1.75 bits per heavy atom. The molecule has 0 unspecified atom stereocenters. The van der Waals surface area contributed by atoms with Crippen LogP contribution in [0.15, 0.2) is 61.1 Å². The molecule has 1 saturated heterocycles. The summed E-state index contributed by atoms with van der Waals surface area (Å²) in [5.74, 6) is -0.591. The van der Waals surface area contributed by atoms with E-state index < -0.39 is 5.54 Å². The number of halogens is 1. The van der Waals surface area contributed by atoms with Gasteiger partial charge in [-0.05, 0) is 79.9 Å². The maximum Gasteiger partial charge on any atom is 0.242 e. The molecule has 0 aliphatic carbocycles. The second-order valence-electron chi connectivity index (χ2n) is 9.59. The first-order valence-corrected chi connectivity index (χ1v) is 12.4. The van der Waals surface area contributed by atoms with Crippen LogP contribution in [-0.2, 0) is 22.6 Å². The van der Waals surface area contributed by atoms with Crippen molar-refractivity contribution in [2.75, 3.05) is 26.7 Å². The molecular formula is C28H34FN5O2. The smallest absolute Gasteiger partial charge is 0.242 e. The normalized spacial score (nSPS) is 15.3. The van der Waals surface area contributed by atoms with E-state index in [1.54, 1.807) is 24.5 Å². The van der Waals surface area contributed by atoms with E-state index in [4.69, 9.17) is 5.73 Å². The van der Waals surface area contributed by atoms with Crippen molar-refractivity contribution in [2.45, 2.75) is 44.7 Å². The highest BCUT2D eigenvalue weighted by Gasteiger charge is 2.43. The average Bonchev–Trinajstić information content (AvgIpc) is 3.28. The highest BCUT2D eigenvalue weighted by atomic mass is 19.1. The van der Waals surface area contributed by atoms with Crippen molar-refractivity contribution in [2.24, 2.45) is 5.73 Å². The van der Waals surface area contributed by atoms with Crippen LogP contribution in [0.3, 0.4) is 0 Å². The van der Waals surface area contributed by atoms with E-state index in [-0.39, 0.29) is 24.2 Å². The van der Waals surface area contributed by atoms with E-state index in [1.165, 1.54) is 12.1 Å². The van der Waals surface area contributed by atoms with Crippen LogP contribution < -0.4 is 5.73 Å². The first-order valence-electron chi connectivity index (χ1n) is 12.4. The number of nitrogens with two attached hydrogens (primary N) is 1. The molecule has 8 heteroatoms. The molecule has 2 aromatic heterocycles. The van der Waals surface area contributed by atoms with Crippen molar-refractivity contribution in [3.05, 3.63) is 78.1 Å². The van der Waals surface area contributed by atoms with Crippen LogP contribution in [0, 0.1) is 5.82 Å². The molecule has 1 aromatic carbocycles. The lowest BCUT2D eigenvalue weighted by molar-refractivity contribution is -0.140. The number of hydrogen-bond acceptors (Lipinski definition) is 4. The number of likely N-dealkylation sites (tertiary alicyclic amines) is 1. The van der Waals surface area contributed by atoms with Gasteiger partial charge in [0.15, 0.2) is 0 Å². The average molecular weight is 492 g/mol. The SMILES string of the molecule is CCCN(C)C1(C(N)=O)CCN(C(=O)Cn2cc(-c3ccncc3)cc2Cc2ccc(F)cc2)CC1. The van der Waals surface area contributed by atoms with Gasteiger partial charge in [0.1, 0.15) is 17.9 Å². The highest BCUT2D eigenvalue weighted by molar-refractivity contribution is 5.85. The zero-order valence-corrected chi connectivity index (χ0v) is 21.0. The van der Waals surface area contributed by atoms with Gasteiger partial charge in [-0.2, -0.15) is 0 Å². The molecule has 0 radical (unpaired) electrons.